The van der Waals surface area contributed by atoms with Crippen molar-refractivity contribution in [1.29, 1.82) is 0 Å². The van der Waals surface area contributed by atoms with E-state index >= 15 is 0 Å². The van der Waals surface area contributed by atoms with Gasteiger partial charge in [-0.1, -0.05) is 20.3 Å². The van der Waals surface area contributed by atoms with Crippen LogP contribution in [0.5, 0.6) is 0 Å². The predicted molar refractivity (Wildman–Crippen MR) is 71.8 cm³/mol. The maximum absolute atomic E-state index is 13.8. The van der Waals surface area contributed by atoms with E-state index in [0.29, 0.717) is 5.41 Å². The van der Waals surface area contributed by atoms with Crippen LogP contribution in [-0.2, 0) is 0 Å². The first-order valence-corrected chi connectivity index (χ1v) is 6.57. The van der Waals surface area contributed by atoms with Crippen LogP contribution in [0.3, 0.4) is 0 Å². The summed E-state index contributed by atoms with van der Waals surface area (Å²) in [5, 5.41) is 0. The van der Waals surface area contributed by atoms with Gasteiger partial charge in [-0.05, 0) is 18.3 Å². The molecule has 1 aromatic heterocycles. The molecule has 6 heteroatoms. The maximum Gasteiger partial charge on any atom is 0.178 e. The van der Waals surface area contributed by atoms with Crippen molar-refractivity contribution in [3.63, 3.8) is 0 Å². The second kappa shape index (κ2) is 5.28. The van der Waals surface area contributed by atoms with Crippen LogP contribution in [0.25, 0.3) is 0 Å². The van der Waals surface area contributed by atoms with Crippen molar-refractivity contribution in [1.82, 2.24) is 4.98 Å². The quantitative estimate of drug-likeness (QED) is 0.655. The largest absolute Gasteiger partial charge is 0.354 e. The average Bonchev–Trinajstić information content (AvgIpc) is 2.40. The summed E-state index contributed by atoms with van der Waals surface area (Å²) < 4.78 is 27.1. The van der Waals surface area contributed by atoms with Gasteiger partial charge in [0, 0.05) is 19.2 Å². The normalized spacial score (nSPS) is 18.5. The molecule has 1 saturated heterocycles. The molecule has 0 atom stereocenters. The lowest BCUT2D eigenvalue weighted by Crippen LogP contribution is -2.39. The van der Waals surface area contributed by atoms with E-state index in [1.54, 1.807) is 0 Å². The van der Waals surface area contributed by atoms with E-state index in [0.717, 1.165) is 38.4 Å². The van der Waals surface area contributed by atoms with Crippen molar-refractivity contribution in [3.05, 3.63) is 17.7 Å². The van der Waals surface area contributed by atoms with Crippen molar-refractivity contribution in [2.24, 2.45) is 11.3 Å². The van der Waals surface area contributed by atoms with Gasteiger partial charge in [-0.25, -0.2) is 19.6 Å². The first-order chi connectivity index (χ1) is 8.99. The summed E-state index contributed by atoms with van der Waals surface area (Å²) in [6, 6.07) is 0.825. The van der Waals surface area contributed by atoms with Gasteiger partial charge < -0.3 is 10.3 Å². The van der Waals surface area contributed by atoms with Gasteiger partial charge in [0.1, 0.15) is 0 Å². The third kappa shape index (κ3) is 2.78. The molecule has 0 unspecified atom stereocenters. The minimum Gasteiger partial charge on any atom is -0.354 e. The molecule has 0 bridgehead atoms. The van der Waals surface area contributed by atoms with Crippen LogP contribution in [0.15, 0.2) is 6.07 Å². The fraction of sp³-hybridized carbons (Fsp3) is 0.615. The molecule has 4 nitrogen and oxygen atoms in total. The molecule has 0 aliphatic carbocycles. The molecule has 0 spiro atoms. The summed E-state index contributed by atoms with van der Waals surface area (Å²) in [6.07, 6.45) is 3.07. The van der Waals surface area contributed by atoms with Gasteiger partial charge >= 0.3 is 0 Å². The van der Waals surface area contributed by atoms with Crippen LogP contribution in [0, 0.1) is 17.0 Å². The lowest BCUT2D eigenvalue weighted by atomic mass is 9.78. The standard InChI is InChI=1S/C13H20F2N4/c1-3-13(2)4-6-19(7-5-13)12-10(15)8-9(14)11(17-12)18-16/h8H,3-7,16H2,1-2H3,(H,17,18). The molecule has 0 radical (unpaired) electrons. The number of aromatic nitrogens is 1. The molecule has 0 aromatic carbocycles. The fourth-order valence-corrected chi connectivity index (χ4v) is 2.39. The minimum atomic E-state index is -0.779. The Labute approximate surface area is 112 Å². The van der Waals surface area contributed by atoms with Crippen LogP contribution in [-0.4, -0.2) is 18.1 Å². The molecule has 1 aromatic rings. The zero-order chi connectivity index (χ0) is 14.0. The number of anilines is 2. The van der Waals surface area contributed by atoms with E-state index in [-0.39, 0.29) is 11.6 Å². The first kappa shape index (κ1) is 14.0. The molecular weight excluding hydrogens is 250 g/mol. The van der Waals surface area contributed by atoms with E-state index in [9.17, 15) is 8.78 Å². The van der Waals surface area contributed by atoms with E-state index in [1.165, 1.54) is 0 Å². The lowest BCUT2D eigenvalue weighted by molar-refractivity contribution is 0.237. The molecule has 0 saturated carbocycles. The summed E-state index contributed by atoms with van der Waals surface area (Å²) in [5.41, 5.74) is 2.46. The summed E-state index contributed by atoms with van der Waals surface area (Å²) in [6.45, 7) is 5.86. The number of pyridine rings is 1. The Morgan fingerprint density at radius 3 is 2.53 bits per heavy atom. The van der Waals surface area contributed by atoms with Crippen LogP contribution < -0.4 is 16.2 Å². The molecule has 2 heterocycles. The van der Waals surface area contributed by atoms with Crippen molar-refractivity contribution >= 4 is 11.6 Å². The van der Waals surface area contributed by atoms with Crippen LogP contribution in [0.4, 0.5) is 20.4 Å². The summed E-state index contributed by atoms with van der Waals surface area (Å²) >= 11 is 0. The Hall–Kier alpha value is -1.43. The molecule has 1 aliphatic rings. The molecule has 2 rings (SSSR count). The Morgan fingerprint density at radius 2 is 2.00 bits per heavy atom. The van der Waals surface area contributed by atoms with Gasteiger partial charge in [0.25, 0.3) is 0 Å². The van der Waals surface area contributed by atoms with E-state index < -0.39 is 11.6 Å². The number of nitrogen functional groups attached to an aromatic ring is 1. The SMILES string of the molecule is CCC1(C)CCN(c2nc(NN)c(F)cc2F)CC1. The number of nitrogens with one attached hydrogen (secondary N) is 1. The number of nitrogens with two attached hydrogens (primary N) is 1. The molecule has 3 N–H and O–H groups in total. The highest BCUT2D eigenvalue weighted by atomic mass is 19.1. The minimum absolute atomic E-state index is 0.125. The first-order valence-electron chi connectivity index (χ1n) is 6.57. The van der Waals surface area contributed by atoms with Crippen molar-refractivity contribution in [2.75, 3.05) is 23.4 Å². The van der Waals surface area contributed by atoms with Crippen LogP contribution >= 0.6 is 0 Å². The molecule has 106 valence electrons. The van der Waals surface area contributed by atoms with Crippen molar-refractivity contribution in [3.8, 4) is 0 Å². The van der Waals surface area contributed by atoms with Gasteiger partial charge in [-0.2, -0.15) is 0 Å². The summed E-state index contributed by atoms with van der Waals surface area (Å²) in [4.78, 5) is 5.78. The average molecular weight is 270 g/mol. The highest BCUT2D eigenvalue weighted by Crippen LogP contribution is 2.36. The number of nitrogens with zero attached hydrogens (tertiary/aromatic N) is 2. The zero-order valence-corrected chi connectivity index (χ0v) is 11.3. The zero-order valence-electron chi connectivity index (χ0n) is 11.3. The van der Waals surface area contributed by atoms with Gasteiger partial charge in [0.05, 0.1) is 0 Å². The Bertz CT molecular complexity index is 456. The Balaban J connectivity index is 2.20. The number of hydrazine groups is 1. The maximum atomic E-state index is 13.8. The second-order valence-corrected chi connectivity index (χ2v) is 5.42. The lowest BCUT2D eigenvalue weighted by Gasteiger charge is -2.39. The summed E-state index contributed by atoms with van der Waals surface area (Å²) in [7, 11) is 0. The van der Waals surface area contributed by atoms with Crippen LogP contribution in [0.2, 0.25) is 0 Å². The third-order valence-electron chi connectivity index (χ3n) is 4.17. The van der Waals surface area contributed by atoms with Crippen LogP contribution in [0.1, 0.15) is 33.1 Å². The highest BCUT2D eigenvalue weighted by Gasteiger charge is 2.30. The third-order valence-corrected chi connectivity index (χ3v) is 4.17. The molecule has 1 aliphatic heterocycles. The number of rotatable bonds is 3. The molecule has 19 heavy (non-hydrogen) atoms. The second-order valence-electron chi connectivity index (χ2n) is 5.42. The van der Waals surface area contributed by atoms with E-state index in [1.807, 2.05) is 4.90 Å². The van der Waals surface area contributed by atoms with Gasteiger partial charge in [-0.15, -0.1) is 0 Å². The predicted octanol–water partition coefficient (Wildman–Crippen LogP) is 2.66. The highest BCUT2D eigenvalue weighted by molar-refractivity contribution is 5.49. The summed E-state index contributed by atoms with van der Waals surface area (Å²) in [5.74, 6) is 3.80. The van der Waals surface area contributed by atoms with Gasteiger partial charge in [0.15, 0.2) is 23.3 Å². The van der Waals surface area contributed by atoms with E-state index in [2.05, 4.69) is 24.3 Å². The smallest absolute Gasteiger partial charge is 0.178 e. The molecule has 0 amide bonds. The molecule has 1 fully saturated rings. The number of piperidine rings is 1. The Kier molecular flexibility index (Phi) is 3.89. The number of hydrogen-bond acceptors (Lipinski definition) is 4. The fourth-order valence-electron chi connectivity index (χ4n) is 2.39. The monoisotopic (exact) mass is 270 g/mol. The van der Waals surface area contributed by atoms with Gasteiger partial charge in [-0.3, -0.25) is 0 Å². The van der Waals surface area contributed by atoms with Crippen molar-refractivity contribution in [2.45, 2.75) is 33.1 Å². The van der Waals surface area contributed by atoms with Crippen molar-refractivity contribution < 1.29 is 8.78 Å². The van der Waals surface area contributed by atoms with E-state index in [4.69, 9.17) is 5.84 Å². The molecular formula is C13H20F2N4. The number of hydrogen-bond donors (Lipinski definition) is 2. The Morgan fingerprint density at radius 1 is 1.37 bits per heavy atom. The number of halogens is 2. The van der Waals surface area contributed by atoms with Gasteiger partial charge in [0.2, 0.25) is 0 Å². The topological polar surface area (TPSA) is 54.2 Å².